The molecule has 1 atom stereocenters. The molecule has 0 saturated heterocycles. The number of nitrogens with one attached hydrogen (secondary N) is 1. The molecule has 1 N–H and O–H groups in total. The Bertz CT molecular complexity index is 890. The molecule has 2 aromatic carbocycles. The van der Waals surface area contributed by atoms with Gasteiger partial charge in [-0.25, -0.2) is 4.98 Å². The molecule has 0 aliphatic carbocycles. The predicted octanol–water partition coefficient (Wildman–Crippen LogP) is 4.40. The van der Waals surface area contributed by atoms with E-state index < -0.39 is 0 Å². The van der Waals surface area contributed by atoms with Crippen molar-refractivity contribution < 1.29 is 9.53 Å². The number of hydrogen-bond donors (Lipinski definition) is 1. The van der Waals surface area contributed by atoms with Crippen LogP contribution >= 0.6 is 22.9 Å². The summed E-state index contributed by atoms with van der Waals surface area (Å²) in [5.74, 6) is 0.722. The van der Waals surface area contributed by atoms with Crippen molar-refractivity contribution in [1.82, 2.24) is 15.2 Å². The minimum atomic E-state index is -0.233. The Morgan fingerprint density at radius 1 is 1.24 bits per heavy atom. The van der Waals surface area contributed by atoms with E-state index in [1.54, 1.807) is 12.3 Å². The van der Waals surface area contributed by atoms with Crippen LogP contribution in [-0.4, -0.2) is 42.5 Å². The van der Waals surface area contributed by atoms with Crippen LogP contribution < -0.4 is 10.1 Å². The fourth-order valence-corrected chi connectivity index (χ4v) is 3.82. The van der Waals surface area contributed by atoms with Crippen molar-refractivity contribution in [1.29, 1.82) is 0 Å². The Morgan fingerprint density at radius 2 is 2.07 bits per heavy atom. The quantitative estimate of drug-likeness (QED) is 0.485. The first-order valence-electron chi connectivity index (χ1n) is 9.42. The number of thiazole rings is 1. The number of hydrogen-bond acceptors (Lipinski definition) is 5. The molecule has 0 saturated carbocycles. The molecule has 1 aromatic heterocycles. The Morgan fingerprint density at radius 3 is 2.79 bits per heavy atom. The number of rotatable bonds is 10. The summed E-state index contributed by atoms with van der Waals surface area (Å²) >= 11 is 7.49. The maximum atomic E-state index is 12.6. The number of carbonyl (C=O) groups excluding carboxylic acids is 1. The van der Waals surface area contributed by atoms with Gasteiger partial charge in [-0.1, -0.05) is 48.0 Å². The smallest absolute Gasteiger partial charge is 0.234 e. The van der Waals surface area contributed by atoms with E-state index in [0.717, 1.165) is 29.3 Å². The molecule has 0 spiro atoms. The highest BCUT2D eigenvalue weighted by Crippen LogP contribution is 2.23. The van der Waals surface area contributed by atoms with E-state index in [1.165, 1.54) is 11.3 Å². The highest BCUT2D eigenvalue weighted by Gasteiger charge is 2.19. The van der Waals surface area contributed by atoms with Crippen LogP contribution in [-0.2, 0) is 4.79 Å². The molecule has 1 heterocycles. The molecule has 7 heteroatoms. The van der Waals surface area contributed by atoms with Crippen LogP contribution in [0.1, 0.15) is 23.0 Å². The molecule has 0 fully saturated rings. The van der Waals surface area contributed by atoms with Gasteiger partial charge in [0.25, 0.3) is 0 Å². The zero-order valence-electron chi connectivity index (χ0n) is 16.3. The molecule has 5 nitrogen and oxygen atoms in total. The van der Waals surface area contributed by atoms with Crippen LogP contribution in [0.5, 0.6) is 5.75 Å². The van der Waals surface area contributed by atoms with Gasteiger partial charge >= 0.3 is 0 Å². The number of benzene rings is 2. The van der Waals surface area contributed by atoms with Crippen molar-refractivity contribution in [3.05, 3.63) is 81.8 Å². The van der Waals surface area contributed by atoms with Crippen molar-refractivity contribution >= 4 is 28.8 Å². The van der Waals surface area contributed by atoms with E-state index in [2.05, 4.69) is 10.3 Å². The molecule has 152 valence electrons. The van der Waals surface area contributed by atoms with Gasteiger partial charge in [-0.05, 0) is 37.2 Å². The van der Waals surface area contributed by atoms with Crippen LogP contribution in [0.2, 0.25) is 5.02 Å². The van der Waals surface area contributed by atoms with Crippen molar-refractivity contribution in [2.24, 2.45) is 0 Å². The van der Waals surface area contributed by atoms with Gasteiger partial charge in [-0.15, -0.1) is 11.3 Å². The number of aromatic nitrogens is 1. The summed E-state index contributed by atoms with van der Waals surface area (Å²) in [6, 6.07) is 17.0. The molecule has 0 aliphatic heterocycles. The number of likely N-dealkylation sites (N-methyl/N-ethyl adjacent to an activating group) is 1. The molecule has 0 aliphatic rings. The van der Waals surface area contributed by atoms with Crippen molar-refractivity contribution in [3.63, 3.8) is 0 Å². The van der Waals surface area contributed by atoms with Gasteiger partial charge in [0.15, 0.2) is 0 Å². The van der Waals surface area contributed by atoms with Crippen LogP contribution in [0.15, 0.2) is 66.2 Å². The third-order valence-electron chi connectivity index (χ3n) is 4.30. The Kier molecular flexibility index (Phi) is 8.04. The lowest BCUT2D eigenvalue weighted by Gasteiger charge is -2.20. The second-order valence-corrected chi connectivity index (χ2v) is 8.04. The lowest BCUT2D eigenvalue weighted by molar-refractivity contribution is -0.122. The summed E-state index contributed by atoms with van der Waals surface area (Å²) in [6.07, 6.45) is 2.57. The number of amides is 1. The van der Waals surface area contributed by atoms with E-state index in [0.29, 0.717) is 18.2 Å². The summed E-state index contributed by atoms with van der Waals surface area (Å²) in [5, 5.41) is 6.56. The largest absolute Gasteiger partial charge is 0.493 e. The Balaban J connectivity index is 1.46. The SMILES string of the molecule is CN(CCCOc1cccc(Cl)c1)CC(=O)NC(c1ccccc1)c1nccs1. The van der Waals surface area contributed by atoms with E-state index in [9.17, 15) is 4.79 Å². The average molecular weight is 430 g/mol. The molecular formula is C22H24ClN3O2S. The lowest BCUT2D eigenvalue weighted by Crippen LogP contribution is -2.38. The van der Waals surface area contributed by atoms with E-state index in [4.69, 9.17) is 16.3 Å². The van der Waals surface area contributed by atoms with Crippen LogP contribution in [0.4, 0.5) is 0 Å². The Labute approximate surface area is 180 Å². The number of ether oxygens (including phenoxy) is 1. The van der Waals surface area contributed by atoms with Gasteiger partial charge in [-0.3, -0.25) is 9.69 Å². The van der Waals surface area contributed by atoms with Crippen molar-refractivity contribution in [2.45, 2.75) is 12.5 Å². The van der Waals surface area contributed by atoms with Gasteiger partial charge in [0.1, 0.15) is 16.8 Å². The third-order valence-corrected chi connectivity index (χ3v) is 5.37. The minimum absolute atomic E-state index is 0.0349. The van der Waals surface area contributed by atoms with E-state index >= 15 is 0 Å². The highest BCUT2D eigenvalue weighted by atomic mass is 35.5. The van der Waals surface area contributed by atoms with Crippen molar-refractivity contribution in [3.8, 4) is 5.75 Å². The van der Waals surface area contributed by atoms with Crippen LogP contribution in [0.3, 0.4) is 0 Å². The molecule has 3 rings (SSSR count). The third kappa shape index (κ3) is 6.85. The second-order valence-electron chi connectivity index (χ2n) is 6.68. The maximum Gasteiger partial charge on any atom is 0.234 e. The van der Waals surface area contributed by atoms with Crippen LogP contribution in [0.25, 0.3) is 0 Å². The van der Waals surface area contributed by atoms with Gasteiger partial charge in [0.2, 0.25) is 5.91 Å². The Hall–Kier alpha value is -2.41. The topological polar surface area (TPSA) is 54.5 Å². The van der Waals surface area contributed by atoms with Gasteiger partial charge in [0.05, 0.1) is 13.2 Å². The predicted molar refractivity (Wildman–Crippen MR) is 118 cm³/mol. The standard InChI is InChI=1S/C22H24ClN3O2S/c1-26(12-6-13-28-19-10-5-9-18(23)15-19)16-20(27)25-21(22-24-11-14-29-22)17-7-3-2-4-8-17/h2-5,7-11,14-15,21H,6,12-13,16H2,1H3,(H,25,27). The lowest BCUT2D eigenvalue weighted by atomic mass is 10.1. The summed E-state index contributed by atoms with van der Waals surface area (Å²) in [7, 11) is 1.93. The second kappa shape index (κ2) is 11.0. The fraction of sp³-hybridized carbons (Fsp3) is 0.273. The van der Waals surface area contributed by atoms with E-state index in [-0.39, 0.29) is 11.9 Å². The zero-order chi connectivity index (χ0) is 20.5. The number of nitrogens with zero attached hydrogens (tertiary/aromatic N) is 2. The van der Waals surface area contributed by atoms with Gasteiger partial charge < -0.3 is 10.1 Å². The molecule has 3 aromatic rings. The molecule has 1 amide bonds. The number of carbonyl (C=O) groups is 1. The van der Waals surface area contributed by atoms with Gasteiger partial charge in [0, 0.05) is 23.1 Å². The van der Waals surface area contributed by atoms with Crippen molar-refractivity contribution in [2.75, 3.05) is 26.7 Å². The summed E-state index contributed by atoms with van der Waals surface area (Å²) in [6.45, 7) is 1.63. The molecule has 0 bridgehead atoms. The fourth-order valence-electron chi connectivity index (χ4n) is 2.92. The molecule has 0 radical (unpaired) electrons. The zero-order valence-corrected chi connectivity index (χ0v) is 17.8. The first-order chi connectivity index (χ1) is 14.1. The first-order valence-corrected chi connectivity index (χ1v) is 10.7. The number of halogens is 1. The monoisotopic (exact) mass is 429 g/mol. The van der Waals surface area contributed by atoms with Crippen LogP contribution in [0, 0.1) is 0 Å². The summed E-state index contributed by atoms with van der Waals surface area (Å²) < 4.78 is 5.70. The first kappa shape index (κ1) is 21.3. The molecule has 1 unspecified atom stereocenters. The summed E-state index contributed by atoms with van der Waals surface area (Å²) in [4.78, 5) is 19.0. The van der Waals surface area contributed by atoms with Gasteiger partial charge in [-0.2, -0.15) is 0 Å². The summed E-state index contributed by atoms with van der Waals surface area (Å²) in [5.41, 5.74) is 1.02. The molecule has 29 heavy (non-hydrogen) atoms. The minimum Gasteiger partial charge on any atom is -0.493 e. The maximum absolute atomic E-state index is 12.6. The van der Waals surface area contributed by atoms with E-state index in [1.807, 2.05) is 65.9 Å². The highest BCUT2D eigenvalue weighted by molar-refractivity contribution is 7.09. The average Bonchev–Trinajstić information content (AvgIpc) is 3.25. The normalized spacial score (nSPS) is 12.0. The molecular weight excluding hydrogens is 406 g/mol.